The van der Waals surface area contributed by atoms with Crippen LogP contribution in [0.3, 0.4) is 0 Å². The number of benzene rings is 2. The van der Waals surface area contributed by atoms with Gasteiger partial charge in [0.2, 0.25) is 5.91 Å². The fraction of sp³-hybridized carbons (Fsp3) is 0.176. The highest BCUT2D eigenvalue weighted by Crippen LogP contribution is 2.30. The molecule has 3 aromatic rings. The van der Waals surface area contributed by atoms with Crippen molar-refractivity contribution in [2.24, 2.45) is 0 Å². The molecule has 1 aromatic heterocycles. The fourth-order valence-electron chi connectivity index (χ4n) is 2.25. The summed E-state index contributed by atoms with van der Waals surface area (Å²) in [5.41, 5.74) is 0.422. The quantitative estimate of drug-likeness (QED) is 0.746. The van der Waals surface area contributed by atoms with Crippen LogP contribution in [0.5, 0.6) is 0 Å². The highest BCUT2D eigenvalue weighted by Gasteiger charge is 2.30. The molecule has 4 nitrogen and oxygen atoms in total. The molecule has 1 amide bonds. The van der Waals surface area contributed by atoms with E-state index in [0.717, 1.165) is 22.3 Å². The second-order valence-electron chi connectivity index (χ2n) is 5.44. The Morgan fingerprint density at radius 3 is 2.48 bits per heavy atom. The number of thiazole rings is 1. The van der Waals surface area contributed by atoms with Crippen molar-refractivity contribution in [2.45, 2.75) is 6.18 Å². The maximum Gasteiger partial charge on any atom is 0.416 e. The molecule has 0 bridgehead atoms. The molecule has 1 N–H and O–H groups in total. The summed E-state index contributed by atoms with van der Waals surface area (Å²) in [6.45, 7) is 0.0425. The van der Waals surface area contributed by atoms with Crippen molar-refractivity contribution in [1.82, 2.24) is 4.98 Å². The predicted molar refractivity (Wildman–Crippen MR) is 93.0 cm³/mol. The summed E-state index contributed by atoms with van der Waals surface area (Å²) < 4.78 is 38.6. The largest absolute Gasteiger partial charge is 0.416 e. The van der Waals surface area contributed by atoms with E-state index in [1.54, 1.807) is 11.9 Å². The lowest BCUT2D eigenvalue weighted by atomic mass is 10.2. The first-order chi connectivity index (χ1) is 11.8. The number of alkyl halides is 3. The van der Waals surface area contributed by atoms with Gasteiger partial charge in [0.05, 0.1) is 22.3 Å². The van der Waals surface area contributed by atoms with Gasteiger partial charge in [0.15, 0.2) is 5.13 Å². The number of hydrogen-bond acceptors (Lipinski definition) is 4. The Kier molecular flexibility index (Phi) is 4.63. The molecule has 0 saturated carbocycles. The van der Waals surface area contributed by atoms with Crippen molar-refractivity contribution in [3.05, 3.63) is 54.1 Å². The lowest BCUT2D eigenvalue weighted by Crippen LogP contribution is -2.29. The lowest BCUT2D eigenvalue weighted by Gasteiger charge is -2.15. The van der Waals surface area contributed by atoms with Gasteiger partial charge in [-0.2, -0.15) is 13.2 Å². The van der Waals surface area contributed by atoms with Gasteiger partial charge in [-0.25, -0.2) is 4.98 Å². The molecule has 0 fully saturated rings. The highest BCUT2D eigenvalue weighted by atomic mass is 32.1. The number of rotatable bonds is 4. The molecule has 0 radical (unpaired) electrons. The topological polar surface area (TPSA) is 45.2 Å². The van der Waals surface area contributed by atoms with E-state index in [1.807, 2.05) is 24.3 Å². The molecule has 0 atom stereocenters. The summed E-state index contributed by atoms with van der Waals surface area (Å²) in [6.07, 6.45) is -4.39. The van der Waals surface area contributed by atoms with Crippen molar-refractivity contribution in [3.63, 3.8) is 0 Å². The molecule has 0 unspecified atom stereocenters. The van der Waals surface area contributed by atoms with E-state index >= 15 is 0 Å². The molecule has 0 spiro atoms. The Bertz CT molecular complexity index is 857. The summed E-state index contributed by atoms with van der Waals surface area (Å²) in [6, 6.07) is 12.0. The molecule has 2 aromatic carbocycles. The molecule has 8 heteroatoms. The minimum atomic E-state index is -4.39. The van der Waals surface area contributed by atoms with Crippen LogP contribution in [0.15, 0.2) is 48.5 Å². The standard InChI is InChI=1S/C17H14F3N3OS/c1-23(16-22-13-4-2-3-5-14(13)25-16)10-15(24)21-12-8-6-11(7-9-12)17(18,19)20/h2-9H,10H2,1H3,(H,21,24). The number of carbonyl (C=O) groups is 1. The number of nitrogens with one attached hydrogen (secondary N) is 1. The van der Waals surface area contributed by atoms with Gasteiger partial charge in [-0.05, 0) is 36.4 Å². The number of fused-ring (bicyclic) bond motifs is 1. The summed E-state index contributed by atoms with van der Waals surface area (Å²) >= 11 is 1.47. The number of hydrogen-bond donors (Lipinski definition) is 1. The summed E-state index contributed by atoms with van der Waals surface area (Å²) in [7, 11) is 1.74. The number of halogens is 3. The number of amides is 1. The van der Waals surface area contributed by atoms with Gasteiger partial charge in [-0.1, -0.05) is 23.5 Å². The molecule has 1 heterocycles. The molecule has 130 valence electrons. The SMILES string of the molecule is CN(CC(=O)Nc1ccc(C(F)(F)F)cc1)c1nc2ccccc2s1. The average molecular weight is 365 g/mol. The minimum absolute atomic E-state index is 0.0425. The van der Waals surface area contributed by atoms with Crippen molar-refractivity contribution < 1.29 is 18.0 Å². The van der Waals surface area contributed by atoms with Crippen molar-refractivity contribution >= 4 is 38.3 Å². The highest BCUT2D eigenvalue weighted by molar-refractivity contribution is 7.22. The van der Waals surface area contributed by atoms with E-state index in [0.29, 0.717) is 10.8 Å². The van der Waals surface area contributed by atoms with Gasteiger partial charge >= 0.3 is 6.18 Å². The number of likely N-dealkylation sites (N-methyl/N-ethyl adjacent to an activating group) is 1. The summed E-state index contributed by atoms with van der Waals surface area (Å²) in [4.78, 5) is 18.2. The van der Waals surface area contributed by atoms with E-state index < -0.39 is 11.7 Å². The van der Waals surface area contributed by atoms with Crippen LogP contribution in [-0.2, 0) is 11.0 Å². The van der Waals surface area contributed by atoms with E-state index in [9.17, 15) is 18.0 Å². The van der Waals surface area contributed by atoms with E-state index in [-0.39, 0.29) is 12.5 Å². The first kappa shape index (κ1) is 17.2. The minimum Gasteiger partial charge on any atom is -0.342 e. The molecule has 0 aliphatic carbocycles. The van der Waals surface area contributed by atoms with Gasteiger partial charge in [-0.3, -0.25) is 4.79 Å². The van der Waals surface area contributed by atoms with Crippen LogP contribution in [-0.4, -0.2) is 24.5 Å². The zero-order valence-electron chi connectivity index (χ0n) is 13.2. The smallest absolute Gasteiger partial charge is 0.342 e. The van der Waals surface area contributed by atoms with Crippen molar-refractivity contribution in [3.8, 4) is 0 Å². The molecule has 0 aliphatic rings. The van der Waals surface area contributed by atoms with Gasteiger partial charge in [-0.15, -0.1) is 0 Å². The van der Waals surface area contributed by atoms with Crippen LogP contribution in [0, 0.1) is 0 Å². The molecule has 3 rings (SSSR count). The first-order valence-corrected chi connectivity index (χ1v) is 8.18. The second-order valence-corrected chi connectivity index (χ2v) is 6.45. The third-order valence-corrected chi connectivity index (χ3v) is 4.64. The van der Waals surface area contributed by atoms with Crippen molar-refractivity contribution in [2.75, 3.05) is 23.8 Å². The Morgan fingerprint density at radius 1 is 1.16 bits per heavy atom. The number of anilines is 2. The number of nitrogens with zero attached hydrogens (tertiary/aromatic N) is 2. The van der Waals surface area contributed by atoms with E-state index in [4.69, 9.17) is 0 Å². The maximum atomic E-state index is 12.5. The molecular weight excluding hydrogens is 351 g/mol. The van der Waals surface area contributed by atoms with Gasteiger partial charge in [0.1, 0.15) is 0 Å². The average Bonchev–Trinajstić information content (AvgIpc) is 2.98. The molecule has 0 aliphatic heterocycles. The lowest BCUT2D eigenvalue weighted by molar-refractivity contribution is -0.137. The monoisotopic (exact) mass is 365 g/mol. The summed E-state index contributed by atoms with van der Waals surface area (Å²) in [5.74, 6) is -0.332. The van der Waals surface area contributed by atoms with Gasteiger partial charge in [0, 0.05) is 12.7 Å². The van der Waals surface area contributed by atoms with E-state index in [2.05, 4.69) is 10.3 Å². The van der Waals surface area contributed by atoms with Crippen LogP contribution >= 0.6 is 11.3 Å². The zero-order valence-corrected chi connectivity index (χ0v) is 14.0. The maximum absolute atomic E-state index is 12.5. The van der Waals surface area contributed by atoms with Crippen LogP contribution in [0.25, 0.3) is 10.2 Å². The second kappa shape index (κ2) is 6.72. The number of carbonyl (C=O) groups excluding carboxylic acids is 1. The van der Waals surface area contributed by atoms with E-state index in [1.165, 1.54) is 23.5 Å². The van der Waals surface area contributed by atoms with Crippen LogP contribution < -0.4 is 10.2 Å². The third kappa shape index (κ3) is 4.08. The Labute approximate surface area is 145 Å². The fourth-order valence-corrected chi connectivity index (χ4v) is 3.18. The molecule has 25 heavy (non-hydrogen) atoms. The van der Waals surface area contributed by atoms with Crippen LogP contribution in [0.1, 0.15) is 5.56 Å². The summed E-state index contributed by atoms with van der Waals surface area (Å²) in [5, 5.41) is 3.28. The Morgan fingerprint density at radius 2 is 1.84 bits per heavy atom. The molecular formula is C17H14F3N3OS. The van der Waals surface area contributed by atoms with Crippen molar-refractivity contribution in [1.29, 1.82) is 0 Å². The van der Waals surface area contributed by atoms with Crippen LogP contribution in [0.2, 0.25) is 0 Å². The normalized spacial score (nSPS) is 11.5. The third-order valence-electron chi connectivity index (χ3n) is 3.49. The number of para-hydroxylation sites is 1. The first-order valence-electron chi connectivity index (χ1n) is 7.37. The van der Waals surface area contributed by atoms with Gasteiger partial charge in [0.25, 0.3) is 0 Å². The molecule has 0 saturated heterocycles. The van der Waals surface area contributed by atoms with Gasteiger partial charge < -0.3 is 10.2 Å². The predicted octanol–water partition coefficient (Wildman–Crippen LogP) is 4.39. The van der Waals surface area contributed by atoms with Crippen LogP contribution in [0.4, 0.5) is 24.0 Å². The number of aromatic nitrogens is 1. The zero-order chi connectivity index (χ0) is 18.0. The Balaban J connectivity index is 1.63. The Hall–Kier alpha value is -2.61.